The highest BCUT2D eigenvalue weighted by Gasteiger charge is 2.29. The number of benzene rings is 2. The lowest BCUT2D eigenvalue weighted by Gasteiger charge is -2.31. The highest BCUT2D eigenvalue weighted by molar-refractivity contribution is 7.89. The molecule has 6 heteroatoms. The lowest BCUT2D eigenvalue weighted by molar-refractivity contribution is 0.185. The van der Waals surface area contributed by atoms with Crippen molar-refractivity contribution in [2.24, 2.45) is 5.92 Å². The molecule has 3 rings (SSSR count). The first-order valence-corrected chi connectivity index (χ1v) is 9.84. The van der Waals surface area contributed by atoms with Crippen molar-refractivity contribution in [1.29, 1.82) is 0 Å². The van der Waals surface area contributed by atoms with Gasteiger partial charge in [0.25, 0.3) is 0 Å². The standard InChI is InChI=1S/C19H22FNO3S/c1-15-3-2-4-19(13-15)25(22,23)21-11-9-16(10-12-21)14-24-18-7-5-17(20)6-8-18/h2-8,13,16H,9-12,14H2,1H3. The van der Waals surface area contributed by atoms with E-state index in [-0.39, 0.29) is 5.82 Å². The molecule has 134 valence electrons. The second kappa shape index (κ2) is 7.54. The summed E-state index contributed by atoms with van der Waals surface area (Å²) in [5.41, 5.74) is 0.934. The molecule has 1 saturated heterocycles. The van der Waals surface area contributed by atoms with Crippen molar-refractivity contribution in [3.8, 4) is 5.75 Å². The van der Waals surface area contributed by atoms with E-state index >= 15 is 0 Å². The van der Waals surface area contributed by atoms with Gasteiger partial charge in [0, 0.05) is 13.1 Å². The van der Waals surface area contributed by atoms with Crippen LogP contribution in [0.25, 0.3) is 0 Å². The van der Waals surface area contributed by atoms with E-state index in [4.69, 9.17) is 4.74 Å². The summed E-state index contributed by atoms with van der Waals surface area (Å²) in [6, 6.07) is 13.0. The molecule has 4 nitrogen and oxygen atoms in total. The fourth-order valence-corrected chi connectivity index (χ4v) is 4.56. The van der Waals surface area contributed by atoms with E-state index in [1.165, 1.54) is 12.1 Å². The van der Waals surface area contributed by atoms with Gasteiger partial charge in [0.1, 0.15) is 11.6 Å². The van der Waals surface area contributed by atoms with E-state index in [1.54, 1.807) is 34.6 Å². The molecule has 25 heavy (non-hydrogen) atoms. The molecule has 2 aromatic carbocycles. The van der Waals surface area contributed by atoms with Crippen LogP contribution >= 0.6 is 0 Å². The van der Waals surface area contributed by atoms with E-state index in [1.807, 2.05) is 13.0 Å². The van der Waals surface area contributed by atoms with Gasteiger partial charge in [-0.1, -0.05) is 12.1 Å². The smallest absolute Gasteiger partial charge is 0.243 e. The third-order valence-corrected chi connectivity index (χ3v) is 6.39. The molecular formula is C19H22FNO3S. The zero-order chi connectivity index (χ0) is 17.9. The van der Waals surface area contributed by atoms with Crippen LogP contribution in [-0.4, -0.2) is 32.4 Å². The second-order valence-corrected chi connectivity index (χ2v) is 8.37. The maximum atomic E-state index is 12.9. The van der Waals surface area contributed by atoms with Crippen LogP contribution in [0, 0.1) is 18.7 Å². The third-order valence-electron chi connectivity index (χ3n) is 4.50. The summed E-state index contributed by atoms with van der Waals surface area (Å²) in [5, 5.41) is 0. The van der Waals surface area contributed by atoms with E-state index in [9.17, 15) is 12.8 Å². The Morgan fingerprint density at radius 1 is 1.12 bits per heavy atom. The van der Waals surface area contributed by atoms with Crippen LogP contribution in [0.15, 0.2) is 53.4 Å². The van der Waals surface area contributed by atoms with Gasteiger partial charge >= 0.3 is 0 Å². The maximum absolute atomic E-state index is 12.9. The number of halogens is 1. The summed E-state index contributed by atoms with van der Waals surface area (Å²) in [6.45, 7) is 3.39. The third kappa shape index (κ3) is 4.38. The van der Waals surface area contributed by atoms with Crippen molar-refractivity contribution < 1.29 is 17.5 Å². The van der Waals surface area contributed by atoms with Gasteiger partial charge in [0.2, 0.25) is 10.0 Å². The number of nitrogens with zero attached hydrogens (tertiary/aromatic N) is 1. The first-order chi connectivity index (χ1) is 11.9. The SMILES string of the molecule is Cc1cccc(S(=O)(=O)N2CCC(COc3ccc(F)cc3)CC2)c1. The lowest BCUT2D eigenvalue weighted by atomic mass is 9.99. The molecule has 0 radical (unpaired) electrons. The molecule has 1 heterocycles. The maximum Gasteiger partial charge on any atom is 0.243 e. The topological polar surface area (TPSA) is 46.6 Å². The Labute approximate surface area is 148 Å². The van der Waals surface area contributed by atoms with E-state index in [2.05, 4.69) is 0 Å². The number of sulfonamides is 1. The number of piperidine rings is 1. The van der Waals surface area contributed by atoms with Crippen LogP contribution in [0.5, 0.6) is 5.75 Å². The zero-order valence-electron chi connectivity index (χ0n) is 14.2. The van der Waals surface area contributed by atoms with Crippen LogP contribution in [-0.2, 0) is 10.0 Å². The van der Waals surface area contributed by atoms with Crippen molar-refractivity contribution >= 4 is 10.0 Å². The van der Waals surface area contributed by atoms with Gasteiger partial charge < -0.3 is 4.74 Å². The average Bonchev–Trinajstić information content (AvgIpc) is 2.62. The molecular weight excluding hydrogens is 341 g/mol. The molecule has 0 atom stereocenters. The Balaban J connectivity index is 1.55. The first kappa shape index (κ1) is 17.9. The quantitative estimate of drug-likeness (QED) is 0.815. The molecule has 1 fully saturated rings. The van der Waals surface area contributed by atoms with Gasteiger partial charge in [0.05, 0.1) is 11.5 Å². The van der Waals surface area contributed by atoms with Crippen molar-refractivity contribution in [1.82, 2.24) is 4.31 Å². The molecule has 0 unspecified atom stereocenters. The van der Waals surface area contributed by atoms with E-state index in [0.717, 1.165) is 18.4 Å². The van der Waals surface area contributed by atoms with Crippen molar-refractivity contribution in [3.05, 3.63) is 59.9 Å². The number of aryl methyl sites for hydroxylation is 1. The van der Waals surface area contributed by atoms with E-state index < -0.39 is 10.0 Å². The minimum Gasteiger partial charge on any atom is -0.493 e. The Hall–Kier alpha value is -1.92. The number of ether oxygens (including phenoxy) is 1. The summed E-state index contributed by atoms with van der Waals surface area (Å²) in [6.07, 6.45) is 1.51. The van der Waals surface area contributed by atoms with Gasteiger partial charge in [-0.3, -0.25) is 0 Å². The summed E-state index contributed by atoms with van der Waals surface area (Å²) in [4.78, 5) is 0.355. The number of rotatable bonds is 5. The summed E-state index contributed by atoms with van der Waals surface area (Å²) in [7, 11) is -3.43. The zero-order valence-corrected chi connectivity index (χ0v) is 15.0. The largest absolute Gasteiger partial charge is 0.493 e. The Morgan fingerprint density at radius 3 is 2.44 bits per heavy atom. The van der Waals surface area contributed by atoms with Gasteiger partial charge in [-0.05, 0) is 67.6 Å². The number of hydrogen-bond donors (Lipinski definition) is 0. The first-order valence-electron chi connectivity index (χ1n) is 8.40. The predicted octanol–water partition coefficient (Wildman–Crippen LogP) is 3.61. The molecule has 0 spiro atoms. The second-order valence-electron chi connectivity index (χ2n) is 6.43. The molecule has 0 bridgehead atoms. The van der Waals surface area contributed by atoms with Crippen molar-refractivity contribution in [3.63, 3.8) is 0 Å². The monoisotopic (exact) mass is 363 g/mol. The molecule has 0 saturated carbocycles. The van der Waals surface area contributed by atoms with Gasteiger partial charge in [0.15, 0.2) is 0 Å². The van der Waals surface area contributed by atoms with Crippen molar-refractivity contribution in [2.45, 2.75) is 24.7 Å². The fourth-order valence-electron chi connectivity index (χ4n) is 2.99. The minimum atomic E-state index is -3.43. The van der Waals surface area contributed by atoms with Crippen LogP contribution in [0.2, 0.25) is 0 Å². The summed E-state index contributed by atoms with van der Waals surface area (Å²) < 4.78 is 45.6. The molecule has 0 amide bonds. The molecule has 1 aliphatic rings. The van der Waals surface area contributed by atoms with Crippen LogP contribution in [0.4, 0.5) is 4.39 Å². The highest BCUT2D eigenvalue weighted by Crippen LogP contribution is 2.25. The van der Waals surface area contributed by atoms with Crippen LogP contribution < -0.4 is 4.74 Å². The summed E-state index contributed by atoms with van der Waals surface area (Å²) >= 11 is 0. The van der Waals surface area contributed by atoms with E-state index in [0.29, 0.717) is 36.3 Å². The normalized spacial score (nSPS) is 16.7. The van der Waals surface area contributed by atoms with Crippen molar-refractivity contribution in [2.75, 3.05) is 19.7 Å². The lowest BCUT2D eigenvalue weighted by Crippen LogP contribution is -2.39. The predicted molar refractivity (Wildman–Crippen MR) is 94.6 cm³/mol. The molecule has 0 aromatic heterocycles. The Bertz CT molecular complexity index is 813. The molecule has 1 aliphatic heterocycles. The van der Waals surface area contributed by atoms with Gasteiger partial charge in [-0.2, -0.15) is 4.31 Å². The minimum absolute atomic E-state index is 0.290. The number of hydrogen-bond acceptors (Lipinski definition) is 3. The highest BCUT2D eigenvalue weighted by atomic mass is 32.2. The summed E-state index contributed by atoms with van der Waals surface area (Å²) in [5.74, 6) is 0.646. The Kier molecular flexibility index (Phi) is 5.39. The average molecular weight is 363 g/mol. The Morgan fingerprint density at radius 2 is 1.80 bits per heavy atom. The van der Waals surface area contributed by atoms with Gasteiger partial charge in [-0.15, -0.1) is 0 Å². The van der Waals surface area contributed by atoms with Gasteiger partial charge in [-0.25, -0.2) is 12.8 Å². The van der Waals surface area contributed by atoms with Crippen LogP contribution in [0.1, 0.15) is 18.4 Å². The van der Waals surface area contributed by atoms with Crippen LogP contribution in [0.3, 0.4) is 0 Å². The molecule has 0 aliphatic carbocycles. The fraction of sp³-hybridized carbons (Fsp3) is 0.368. The molecule has 2 aromatic rings. The molecule has 0 N–H and O–H groups in total.